The highest BCUT2D eigenvalue weighted by Gasteiger charge is 2.58. The number of halogens is 6. The largest absolute Gasteiger partial charge is 0.509 e. The maximum absolute atomic E-state index is 13.1. The van der Waals surface area contributed by atoms with Crippen LogP contribution in [0.15, 0.2) is 16.4 Å². The van der Waals surface area contributed by atoms with Crippen LogP contribution in [0.25, 0.3) is 0 Å². The predicted molar refractivity (Wildman–Crippen MR) is 122 cm³/mol. The minimum atomic E-state index is -6.10. The normalized spacial score (nSPS) is 13.4. The van der Waals surface area contributed by atoms with Crippen LogP contribution in [0.3, 0.4) is 0 Å². The van der Waals surface area contributed by atoms with Crippen molar-refractivity contribution < 1.29 is 47.7 Å². The van der Waals surface area contributed by atoms with E-state index in [0.717, 1.165) is 32.1 Å². The molecule has 0 aliphatic heterocycles. The van der Waals surface area contributed by atoms with Crippen molar-refractivity contribution in [3.8, 4) is 0 Å². The molecule has 14 heteroatoms. The molecular weight excluding hydrogens is 534 g/mol. The van der Waals surface area contributed by atoms with Crippen LogP contribution in [0.5, 0.6) is 0 Å². The van der Waals surface area contributed by atoms with E-state index in [1.807, 2.05) is 0 Å². The van der Waals surface area contributed by atoms with Gasteiger partial charge in [-0.05, 0) is 12.8 Å². The van der Waals surface area contributed by atoms with Crippen LogP contribution < -0.4 is 4.57 Å². The highest BCUT2D eigenvalue weighted by atomic mass is 32.2. The lowest BCUT2D eigenvalue weighted by Gasteiger charge is -2.08. The van der Waals surface area contributed by atoms with Crippen LogP contribution >= 0.6 is 0 Å². The van der Waals surface area contributed by atoms with Gasteiger partial charge in [0.05, 0.1) is 13.6 Å². The third-order valence-electron chi connectivity index (χ3n) is 6.01. The van der Waals surface area contributed by atoms with Crippen LogP contribution in [-0.2, 0) is 33.3 Å². The number of alkyl halides is 6. The summed E-state index contributed by atoms with van der Waals surface area (Å²) < 4.78 is 126. The van der Waals surface area contributed by atoms with Crippen LogP contribution in [0.2, 0.25) is 0 Å². The molecule has 0 unspecified atom stereocenters. The van der Waals surface area contributed by atoms with E-state index in [2.05, 4.69) is 6.92 Å². The Kier molecular flexibility index (Phi) is 12.7. The van der Waals surface area contributed by atoms with Gasteiger partial charge >= 0.3 is 35.8 Å². The molecule has 1 aromatic heterocycles. The molecule has 0 spiro atoms. The Hall–Kier alpha value is -1.31. The number of unbranched alkanes of at least 4 members (excludes halogenated alkanes) is 13. The molecule has 1 heterocycles. The molecule has 0 aliphatic carbocycles. The highest BCUT2D eigenvalue weighted by Crippen LogP contribution is 2.34. The van der Waals surface area contributed by atoms with E-state index in [0.29, 0.717) is 24.2 Å². The molecule has 0 radical (unpaired) electrons. The number of hydrogen-bond acceptors (Lipinski definition) is 4. The maximum atomic E-state index is 13.1. The first-order chi connectivity index (χ1) is 16.6. The lowest BCUT2D eigenvalue weighted by Crippen LogP contribution is -2.42. The molecule has 36 heavy (non-hydrogen) atoms. The quantitative estimate of drug-likeness (QED) is 0.124. The van der Waals surface area contributed by atoms with Gasteiger partial charge in [-0.2, -0.15) is 26.3 Å². The summed E-state index contributed by atoms with van der Waals surface area (Å²) in [5.41, 5.74) is -11.6. The first-order valence-electron chi connectivity index (χ1n) is 12.3. The molecule has 212 valence electrons. The zero-order valence-corrected chi connectivity index (χ0v) is 22.4. The van der Waals surface area contributed by atoms with E-state index in [1.54, 1.807) is 0 Å². The Morgan fingerprint density at radius 2 is 1.03 bits per heavy atom. The standard InChI is InChI=1S/C22H37F6N2O4S2/c1-3-4-5-6-7-8-9-10-11-12-13-14-15-16-17-30-18-19(35(31,32)21(23,24)25)29(2)20(30)36(33,34)22(26,27)28/h18H,3-17H2,1-2H3/q+1. The van der Waals surface area contributed by atoms with Gasteiger partial charge in [-0.15, -0.1) is 0 Å². The molecule has 0 atom stereocenters. The lowest BCUT2D eigenvalue weighted by molar-refractivity contribution is -0.735. The summed E-state index contributed by atoms with van der Waals surface area (Å²) in [5, 5.41) is -3.12. The van der Waals surface area contributed by atoms with Crippen molar-refractivity contribution in [3.05, 3.63) is 6.20 Å². The number of imidazole rings is 1. The molecule has 0 amide bonds. The van der Waals surface area contributed by atoms with Gasteiger partial charge in [0.2, 0.25) is 0 Å². The summed E-state index contributed by atoms with van der Waals surface area (Å²) in [6.45, 7) is 1.81. The van der Waals surface area contributed by atoms with Crippen molar-refractivity contribution >= 4 is 19.7 Å². The van der Waals surface area contributed by atoms with E-state index >= 15 is 0 Å². The van der Waals surface area contributed by atoms with Gasteiger partial charge in [-0.3, -0.25) is 0 Å². The van der Waals surface area contributed by atoms with Gasteiger partial charge in [0.1, 0.15) is 0 Å². The average Bonchev–Trinajstić information content (AvgIpc) is 3.09. The van der Waals surface area contributed by atoms with Crippen LogP contribution in [0.1, 0.15) is 96.8 Å². The Balaban J connectivity index is 2.66. The predicted octanol–water partition coefficient (Wildman–Crippen LogP) is 6.38. The van der Waals surface area contributed by atoms with E-state index in [4.69, 9.17) is 0 Å². The number of nitrogens with zero attached hydrogens (tertiary/aromatic N) is 2. The van der Waals surface area contributed by atoms with Gasteiger partial charge < -0.3 is 0 Å². The number of hydrogen-bond donors (Lipinski definition) is 0. The first-order valence-corrected chi connectivity index (χ1v) is 15.3. The minimum absolute atomic E-state index is 0.0740. The van der Waals surface area contributed by atoms with Gasteiger partial charge in [-0.1, -0.05) is 84.0 Å². The molecular formula is C22H37F6N2O4S2+. The molecule has 6 nitrogen and oxygen atoms in total. The van der Waals surface area contributed by atoms with E-state index in [1.165, 1.54) is 44.9 Å². The van der Waals surface area contributed by atoms with Crippen molar-refractivity contribution in [2.24, 2.45) is 7.05 Å². The third kappa shape index (κ3) is 8.91. The number of aromatic nitrogens is 2. The fourth-order valence-corrected chi connectivity index (χ4v) is 6.13. The molecule has 1 aromatic rings. The van der Waals surface area contributed by atoms with Crippen molar-refractivity contribution in [1.29, 1.82) is 0 Å². The fourth-order valence-electron chi connectivity index (χ4n) is 4.01. The third-order valence-corrected chi connectivity index (χ3v) is 9.15. The molecule has 0 N–H and O–H groups in total. The summed E-state index contributed by atoms with van der Waals surface area (Å²) >= 11 is 0. The monoisotopic (exact) mass is 571 g/mol. The zero-order chi connectivity index (χ0) is 27.6. The van der Waals surface area contributed by atoms with Crippen molar-refractivity contribution in [2.45, 2.75) is 125 Å². The molecule has 0 saturated carbocycles. The molecule has 0 fully saturated rings. The molecule has 0 bridgehead atoms. The lowest BCUT2D eigenvalue weighted by atomic mass is 10.0. The Morgan fingerprint density at radius 1 is 0.667 bits per heavy atom. The number of aryl methyl sites for hydroxylation is 1. The molecule has 0 saturated heterocycles. The van der Waals surface area contributed by atoms with Crippen LogP contribution in [0.4, 0.5) is 26.3 Å². The van der Waals surface area contributed by atoms with Gasteiger partial charge in [0.15, 0.2) is 6.20 Å². The van der Waals surface area contributed by atoms with Crippen molar-refractivity contribution in [2.75, 3.05) is 0 Å². The summed E-state index contributed by atoms with van der Waals surface area (Å²) in [5.74, 6) is 0. The van der Waals surface area contributed by atoms with Gasteiger partial charge in [0.25, 0.3) is 5.03 Å². The summed E-state index contributed by atoms with van der Waals surface area (Å²) in [6, 6.07) is 0. The smallest absolute Gasteiger partial charge is 0.219 e. The van der Waals surface area contributed by atoms with Gasteiger partial charge in [0, 0.05) is 0 Å². The second kappa shape index (κ2) is 14.0. The highest BCUT2D eigenvalue weighted by molar-refractivity contribution is 7.92. The summed E-state index contributed by atoms with van der Waals surface area (Å²) in [7, 11) is -11.6. The first kappa shape index (κ1) is 32.7. The fraction of sp³-hybridized carbons (Fsp3) is 0.864. The zero-order valence-electron chi connectivity index (χ0n) is 20.8. The average molecular weight is 572 g/mol. The van der Waals surface area contributed by atoms with E-state index in [9.17, 15) is 43.2 Å². The molecule has 1 rings (SSSR count). The van der Waals surface area contributed by atoms with Crippen molar-refractivity contribution in [3.63, 3.8) is 0 Å². The second-order valence-corrected chi connectivity index (χ2v) is 12.7. The Bertz CT molecular complexity index is 1020. The second-order valence-electron chi connectivity index (χ2n) is 9.00. The minimum Gasteiger partial charge on any atom is -0.219 e. The van der Waals surface area contributed by atoms with Crippen LogP contribution in [0, 0.1) is 0 Å². The number of sulfone groups is 2. The summed E-state index contributed by atoms with van der Waals surface area (Å²) in [6.07, 6.45) is 14.4. The topological polar surface area (TPSA) is 77.1 Å². The summed E-state index contributed by atoms with van der Waals surface area (Å²) in [4.78, 5) is 0. The van der Waals surface area contributed by atoms with E-state index < -0.39 is 40.9 Å². The van der Waals surface area contributed by atoms with Gasteiger partial charge in [-0.25, -0.2) is 26.0 Å². The van der Waals surface area contributed by atoms with Crippen LogP contribution in [-0.4, -0.2) is 32.4 Å². The molecule has 0 aromatic carbocycles. The van der Waals surface area contributed by atoms with E-state index in [-0.39, 0.29) is 17.5 Å². The molecule has 0 aliphatic rings. The maximum Gasteiger partial charge on any atom is 0.509 e. The Morgan fingerprint density at radius 3 is 1.39 bits per heavy atom. The number of rotatable bonds is 17. The Labute approximate surface area is 209 Å². The SMILES string of the molecule is CCCCCCCCCCCCCCCC[n+]1cc(S(=O)(=O)C(F)(F)F)n(C)c1S(=O)(=O)C(F)(F)F. The van der Waals surface area contributed by atoms with Crippen molar-refractivity contribution in [1.82, 2.24) is 4.57 Å².